The van der Waals surface area contributed by atoms with Crippen molar-refractivity contribution in [2.24, 2.45) is 0 Å². The zero-order chi connectivity index (χ0) is 19.4. The molecule has 1 rings (SSSR count). The lowest BCUT2D eigenvalue weighted by molar-refractivity contribution is -0.150. The van der Waals surface area contributed by atoms with Crippen molar-refractivity contribution < 1.29 is 19.0 Å². The molecule has 1 saturated carbocycles. The highest BCUT2D eigenvalue weighted by atomic mass is 16.5. The van der Waals surface area contributed by atoms with Crippen LogP contribution in [0.2, 0.25) is 0 Å². The predicted molar refractivity (Wildman–Crippen MR) is 111 cm³/mol. The molecule has 4 heteroatoms. The third-order valence-corrected chi connectivity index (χ3v) is 5.28. The summed E-state index contributed by atoms with van der Waals surface area (Å²) < 4.78 is 16.6. The number of ether oxygens (including phenoxy) is 3. The lowest BCUT2D eigenvalue weighted by Crippen LogP contribution is -2.21. The summed E-state index contributed by atoms with van der Waals surface area (Å²) in [6.45, 7) is 4.99. The molecule has 1 aliphatic carbocycles. The Bertz CT molecular complexity index is 326. The lowest BCUT2D eigenvalue weighted by Gasteiger charge is -2.21. The van der Waals surface area contributed by atoms with Gasteiger partial charge in [0.05, 0.1) is 13.2 Å². The van der Waals surface area contributed by atoms with Crippen LogP contribution in [0.15, 0.2) is 0 Å². The van der Waals surface area contributed by atoms with Gasteiger partial charge in [-0.25, -0.2) is 0 Å². The molecular formula is C23H44O4. The molecular weight excluding hydrogens is 340 g/mol. The first-order valence-electron chi connectivity index (χ1n) is 11.7. The van der Waals surface area contributed by atoms with E-state index in [1.54, 1.807) is 0 Å². The second kappa shape index (κ2) is 18.7. The van der Waals surface area contributed by atoms with Gasteiger partial charge in [-0.2, -0.15) is 0 Å². The Morgan fingerprint density at radius 1 is 0.704 bits per heavy atom. The van der Waals surface area contributed by atoms with E-state index in [1.807, 2.05) is 0 Å². The molecule has 0 unspecified atom stereocenters. The third kappa shape index (κ3) is 16.1. The Kier molecular flexibility index (Phi) is 17.0. The smallest absolute Gasteiger partial charge is 0.306 e. The molecule has 1 aliphatic rings. The number of carbonyl (C=O) groups excluding carboxylic acids is 1. The van der Waals surface area contributed by atoms with Crippen molar-refractivity contribution in [3.63, 3.8) is 0 Å². The highest BCUT2D eigenvalue weighted by molar-refractivity contribution is 5.69. The van der Waals surface area contributed by atoms with Crippen LogP contribution in [0.1, 0.15) is 110 Å². The molecule has 1 fully saturated rings. The molecule has 0 N–H and O–H groups in total. The normalized spacial score (nSPS) is 15.1. The topological polar surface area (TPSA) is 44.8 Å². The fourth-order valence-electron chi connectivity index (χ4n) is 3.58. The molecule has 27 heavy (non-hydrogen) atoms. The molecule has 0 radical (unpaired) electrons. The van der Waals surface area contributed by atoms with E-state index < -0.39 is 0 Å². The van der Waals surface area contributed by atoms with Gasteiger partial charge in [-0.05, 0) is 38.5 Å². The Hall–Kier alpha value is -0.610. The Morgan fingerprint density at radius 2 is 1.26 bits per heavy atom. The Balaban J connectivity index is 1.72. The average molecular weight is 385 g/mol. The Labute approximate surface area is 167 Å². The zero-order valence-electron chi connectivity index (χ0n) is 17.9. The van der Waals surface area contributed by atoms with E-state index in [0.717, 1.165) is 32.3 Å². The second-order valence-corrected chi connectivity index (χ2v) is 7.91. The van der Waals surface area contributed by atoms with E-state index in [1.165, 1.54) is 70.6 Å². The third-order valence-electron chi connectivity index (χ3n) is 5.28. The summed E-state index contributed by atoms with van der Waals surface area (Å²) in [5.74, 6) is -0.0629. The second-order valence-electron chi connectivity index (χ2n) is 7.91. The van der Waals surface area contributed by atoms with Crippen molar-refractivity contribution in [3.8, 4) is 0 Å². The quantitative estimate of drug-likeness (QED) is 0.208. The lowest BCUT2D eigenvalue weighted by atomic mass is 9.98. The molecule has 0 aromatic heterocycles. The van der Waals surface area contributed by atoms with Gasteiger partial charge < -0.3 is 14.2 Å². The van der Waals surface area contributed by atoms with E-state index in [-0.39, 0.29) is 12.1 Å². The predicted octanol–water partition coefficient (Wildman–Crippen LogP) is 6.21. The van der Waals surface area contributed by atoms with Gasteiger partial charge in [0.15, 0.2) is 0 Å². The minimum atomic E-state index is -0.0629. The van der Waals surface area contributed by atoms with Crippen LogP contribution in [0.3, 0.4) is 0 Å². The fraction of sp³-hybridized carbons (Fsp3) is 0.957. The number of esters is 1. The summed E-state index contributed by atoms with van der Waals surface area (Å²) in [4.78, 5) is 11.8. The summed E-state index contributed by atoms with van der Waals surface area (Å²) in [5.41, 5.74) is 0. The van der Waals surface area contributed by atoms with E-state index >= 15 is 0 Å². The molecule has 4 nitrogen and oxygen atoms in total. The monoisotopic (exact) mass is 384 g/mol. The van der Waals surface area contributed by atoms with E-state index in [4.69, 9.17) is 14.2 Å². The molecule has 0 aromatic rings. The van der Waals surface area contributed by atoms with Crippen LogP contribution in [0.25, 0.3) is 0 Å². The van der Waals surface area contributed by atoms with E-state index in [9.17, 15) is 4.79 Å². The fourth-order valence-corrected chi connectivity index (χ4v) is 3.58. The standard InChI is InChI=1S/C23H44O4/c1-2-3-4-5-6-7-8-9-13-18-25-20-21-26-19-14-17-23(24)27-22-15-11-10-12-16-22/h22H,2-21H2,1H3. The molecule has 0 saturated heterocycles. The largest absolute Gasteiger partial charge is 0.462 e. The van der Waals surface area contributed by atoms with Crippen molar-refractivity contribution in [1.29, 1.82) is 0 Å². The maximum atomic E-state index is 11.8. The SMILES string of the molecule is CCCCCCCCCCCOCCOCCCC(=O)OC1CCCCC1. The molecule has 0 amide bonds. The van der Waals surface area contributed by atoms with Gasteiger partial charge in [-0.15, -0.1) is 0 Å². The zero-order valence-corrected chi connectivity index (χ0v) is 17.9. The molecule has 0 bridgehead atoms. The van der Waals surface area contributed by atoms with Gasteiger partial charge >= 0.3 is 5.97 Å². The van der Waals surface area contributed by atoms with Crippen LogP contribution < -0.4 is 0 Å². The van der Waals surface area contributed by atoms with E-state index in [2.05, 4.69) is 6.92 Å². The van der Waals surface area contributed by atoms with Crippen molar-refractivity contribution in [1.82, 2.24) is 0 Å². The van der Waals surface area contributed by atoms with Crippen molar-refractivity contribution in [3.05, 3.63) is 0 Å². The van der Waals surface area contributed by atoms with Gasteiger partial charge in [0.1, 0.15) is 6.10 Å². The number of unbranched alkanes of at least 4 members (excludes halogenated alkanes) is 8. The maximum Gasteiger partial charge on any atom is 0.306 e. The number of rotatable bonds is 18. The van der Waals surface area contributed by atoms with Crippen molar-refractivity contribution in [2.45, 2.75) is 116 Å². The number of carbonyl (C=O) groups is 1. The van der Waals surface area contributed by atoms with Crippen molar-refractivity contribution in [2.75, 3.05) is 26.4 Å². The van der Waals surface area contributed by atoms with Crippen LogP contribution >= 0.6 is 0 Å². The summed E-state index contributed by atoms with van der Waals surface area (Å²) in [7, 11) is 0. The molecule has 0 aromatic carbocycles. The number of hydrogen-bond acceptors (Lipinski definition) is 4. The van der Waals surface area contributed by atoms with Gasteiger partial charge in [0, 0.05) is 19.6 Å². The minimum absolute atomic E-state index is 0.0629. The first-order chi connectivity index (χ1) is 13.3. The maximum absolute atomic E-state index is 11.8. The van der Waals surface area contributed by atoms with Gasteiger partial charge in [0.25, 0.3) is 0 Å². The van der Waals surface area contributed by atoms with Gasteiger partial charge in [-0.3, -0.25) is 4.79 Å². The summed E-state index contributed by atoms with van der Waals surface area (Å²) >= 11 is 0. The van der Waals surface area contributed by atoms with Crippen LogP contribution in [-0.4, -0.2) is 38.5 Å². The molecule has 0 spiro atoms. The van der Waals surface area contributed by atoms with Crippen LogP contribution in [0, 0.1) is 0 Å². The first-order valence-corrected chi connectivity index (χ1v) is 11.7. The van der Waals surface area contributed by atoms with Crippen LogP contribution in [0.4, 0.5) is 0 Å². The highest BCUT2D eigenvalue weighted by Gasteiger charge is 2.17. The molecule has 0 heterocycles. The highest BCUT2D eigenvalue weighted by Crippen LogP contribution is 2.20. The van der Waals surface area contributed by atoms with E-state index in [0.29, 0.717) is 26.2 Å². The van der Waals surface area contributed by atoms with Crippen molar-refractivity contribution >= 4 is 5.97 Å². The van der Waals surface area contributed by atoms with Crippen LogP contribution in [-0.2, 0) is 19.0 Å². The molecule has 0 aliphatic heterocycles. The molecule has 160 valence electrons. The summed E-state index contributed by atoms with van der Waals surface area (Å²) in [5, 5.41) is 0. The van der Waals surface area contributed by atoms with Gasteiger partial charge in [-0.1, -0.05) is 64.7 Å². The first kappa shape index (κ1) is 24.4. The number of hydrogen-bond donors (Lipinski definition) is 0. The summed E-state index contributed by atoms with van der Waals surface area (Å²) in [6, 6.07) is 0. The van der Waals surface area contributed by atoms with Crippen LogP contribution in [0.5, 0.6) is 0 Å². The average Bonchev–Trinajstić information content (AvgIpc) is 2.68. The minimum Gasteiger partial charge on any atom is -0.462 e. The summed E-state index contributed by atoms with van der Waals surface area (Å²) in [6.07, 6.45) is 19.2. The molecule has 0 atom stereocenters. The van der Waals surface area contributed by atoms with Gasteiger partial charge in [0.2, 0.25) is 0 Å². The Morgan fingerprint density at radius 3 is 1.89 bits per heavy atom.